The first-order valence-electron chi connectivity index (χ1n) is 7.78. The number of rotatable bonds is 4. The van der Waals surface area contributed by atoms with Gasteiger partial charge < -0.3 is 15.4 Å². The van der Waals surface area contributed by atoms with Gasteiger partial charge in [-0.25, -0.2) is 0 Å². The Labute approximate surface area is 146 Å². The summed E-state index contributed by atoms with van der Waals surface area (Å²) in [4.78, 5) is 0. The highest BCUT2D eigenvalue weighted by Crippen LogP contribution is 2.29. The van der Waals surface area contributed by atoms with Gasteiger partial charge in [0.2, 0.25) is 0 Å². The van der Waals surface area contributed by atoms with Crippen molar-refractivity contribution < 1.29 is 4.74 Å². The van der Waals surface area contributed by atoms with Crippen LogP contribution in [0.15, 0.2) is 48.5 Å². The SMILES string of the molecule is Clc1ccc([C@@H]2OCCNC[C@H]2NCc2ccccc2)cc1Cl. The monoisotopic (exact) mass is 350 g/mol. The van der Waals surface area contributed by atoms with Crippen LogP contribution >= 0.6 is 23.2 Å². The van der Waals surface area contributed by atoms with Crippen LogP contribution in [0.4, 0.5) is 0 Å². The molecule has 2 atom stereocenters. The lowest BCUT2D eigenvalue weighted by Crippen LogP contribution is -2.41. The Morgan fingerprint density at radius 3 is 2.70 bits per heavy atom. The first-order chi connectivity index (χ1) is 11.2. The zero-order valence-electron chi connectivity index (χ0n) is 12.8. The van der Waals surface area contributed by atoms with E-state index in [0.717, 1.165) is 25.2 Å². The fourth-order valence-corrected chi connectivity index (χ4v) is 3.09. The van der Waals surface area contributed by atoms with Crippen molar-refractivity contribution in [2.45, 2.75) is 18.7 Å². The molecule has 3 rings (SSSR count). The maximum atomic E-state index is 6.17. The molecule has 0 bridgehead atoms. The topological polar surface area (TPSA) is 33.3 Å². The van der Waals surface area contributed by atoms with Crippen LogP contribution in [-0.2, 0) is 11.3 Å². The Morgan fingerprint density at radius 2 is 1.91 bits per heavy atom. The van der Waals surface area contributed by atoms with Gasteiger partial charge in [0.15, 0.2) is 0 Å². The van der Waals surface area contributed by atoms with Gasteiger partial charge in [-0.05, 0) is 23.3 Å². The molecule has 0 aliphatic carbocycles. The van der Waals surface area contributed by atoms with Gasteiger partial charge >= 0.3 is 0 Å². The number of ether oxygens (including phenoxy) is 1. The minimum atomic E-state index is -0.0523. The van der Waals surface area contributed by atoms with E-state index in [1.807, 2.05) is 24.3 Å². The van der Waals surface area contributed by atoms with Crippen LogP contribution in [0.5, 0.6) is 0 Å². The van der Waals surface area contributed by atoms with Gasteiger partial charge in [-0.3, -0.25) is 0 Å². The van der Waals surface area contributed by atoms with Gasteiger partial charge in [0, 0.05) is 19.6 Å². The van der Waals surface area contributed by atoms with Crippen molar-refractivity contribution in [2.75, 3.05) is 19.7 Å². The minimum Gasteiger partial charge on any atom is -0.371 e. The summed E-state index contributed by atoms with van der Waals surface area (Å²) in [5.41, 5.74) is 2.30. The maximum Gasteiger partial charge on any atom is 0.0991 e. The molecule has 0 aromatic heterocycles. The van der Waals surface area contributed by atoms with E-state index >= 15 is 0 Å². The van der Waals surface area contributed by atoms with Crippen molar-refractivity contribution in [3.8, 4) is 0 Å². The molecule has 0 unspecified atom stereocenters. The van der Waals surface area contributed by atoms with E-state index in [1.165, 1.54) is 5.56 Å². The first-order valence-corrected chi connectivity index (χ1v) is 8.54. The highest BCUT2D eigenvalue weighted by atomic mass is 35.5. The van der Waals surface area contributed by atoms with Crippen LogP contribution < -0.4 is 10.6 Å². The summed E-state index contributed by atoms with van der Waals surface area (Å²) in [5.74, 6) is 0. The average Bonchev–Trinajstić information content (AvgIpc) is 2.82. The third-order valence-corrected chi connectivity index (χ3v) is 4.73. The standard InChI is InChI=1S/C18H20Cl2N2O/c19-15-7-6-14(10-16(15)20)18-17(12-21-8-9-23-18)22-11-13-4-2-1-3-5-13/h1-7,10,17-18,21-22H,8-9,11-12H2/t17-,18+/m1/s1. The molecule has 23 heavy (non-hydrogen) atoms. The molecule has 2 N–H and O–H groups in total. The molecule has 1 saturated heterocycles. The van der Waals surface area contributed by atoms with Crippen LogP contribution in [0, 0.1) is 0 Å². The number of nitrogens with one attached hydrogen (secondary N) is 2. The Morgan fingerprint density at radius 1 is 1.09 bits per heavy atom. The van der Waals surface area contributed by atoms with E-state index in [2.05, 4.69) is 34.9 Å². The number of hydrogen-bond donors (Lipinski definition) is 2. The highest BCUT2D eigenvalue weighted by Gasteiger charge is 2.26. The number of halogens is 2. The summed E-state index contributed by atoms with van der Waals surface area (Å²) in [6, 6.07) is 16.2. The van der Waals surface area contributed by atoms with Crippen molar-refractivity contribution in [3.63, 3.8) is 0 Å². The van der Waals surface area contributed by atoms with Gasteiger partial charge in [-0.2, -0.15) is 0 Å². The molecular weight excluding hydrogens is 331 g/mol. The van der Waals surface area contributed by atoms with E-state index < -0.39 is 0 Å². The molecule has 0 saturated carbocycles. The van der Waals surface area contributed by atoms with Crippen molar-refractivity contribution in [1.29, 1.82) is 0 Å². The summed E-state index contributed by atoms with van der Waals surface area (Å²) in [6.45, 7) is 3.17. The van der Waals surface area contributed by atoms with Gasteiger partial charge in [0.05, 0.1) is 28.8 Å². The van der Waals surface area contributed by atoms with E-state index in [9.17, 15) is 0 Å². The van der Waals surface area contributed by atoms with Gasteiger partial charge in [-0.1, -0.05) is 59.6 Å². The smallest absolute Gasteiger partial charge is 0.0991 e. The molecule has 0 radical (unpaired) electrons. The zero-order valence-corrected chi connectivity index (χ0v) is 14.3. The Balaban J connectivity index is 1.75. The second kappa shape index (κ2) is 8.13. The third-order valence-electron chi connectivity index (χ3n) is 3.99. The molecule has 0 spiro atoms. The molecule has 1 aliphatic rings. The van der Waals surface area contributed by atoms with Crippen molar-refractivity contribution in [2.24, 2.45) is 0 Å². The van der Waals surface area contributed by atoms with Gasteiger partial charge in [0.25, 0.3) is 0 Å². The molecule has 1 aliphatic heterocycles. The summed E-state index contributed by atoms with van der Waals surface area (Å²) in [7, 11) is 0. The normalized spacial score (nSPS) is 21.8. The molecule has 5 heteroatoms. The van der Waals surface area contributed by atoms with Crippen molar-refractivity contribution in [3.05, 3.63) is 69.7 Å². The molecular formula is C18H20Cl2N2O. The quantitative estimate of drug-likeness (QED) is 0.879. The van der Waals surface area contributed by atoms with Crippen molar-refractivity contribution >= 4 is 23.2 Å². The summed E-state index contributed by atoms with van der Waals surface area (Å²) in [5, 5.41) is 8.14. The van der Waals surface area contributed by atoms with Crippen LogP contribution in [-0.4, -0.2) is 25.7 Å². The molecule has 3 nitrogen and oxygen atoms in total. The minimum absolute atomic E-state index is 0.0523. The molecule has 2 aromatic carbocycles. The average molecular weight is 351 g/mol. The lowest BCUT2D eigenvalue weighted by atomic mass is 10.0. The van der Waals surface area contributed by atoms with E-state index in [1.54, 1.807) is 0 Å². The largest absolute Gasteiger partial charge is 0.371 e. The lowest BCUT2D eigenvalue weighted by Gasteiger charge is -2.26. The summed E-state index contributed by atoms with van der Waals surface area (Å²) in [6.07, 6.45) is -0.0523. The van der Waals surface area contributed by atoms with Crippen LogP contribution in [0.1, 0.15) is 17.2 Å². The Hall–Kier alpha value is -1.10. The van der Waals surface area contributed by atoms with Crippen LogP contribution in [0.2, 0.25) is 10.0 Å². The Kier molecular flexibility index (Phi) is 5.92. The fraction of sp³-hybridized carbons (Fsp3) is 0.333. The lowest BCUT2D eigenvalue weighted by molar-refractivity contribution is 0.0435. The number of benzene rings is 2. The van der Waals surface area contributed by atoms with Gasteiger partial charge in [-0.15, -0.1) is 0 Å². The molecule has 122 valence electrons. The van der Waals surface area contributed by atoms with Gasteiger partial charge in [0.1, 0.15) is 0 Å². The highest BCUT2D eigenvalue weighted by molar-refractivity contribution is 6.42. The zero-order chi connectivity index (χ0) is 16.1. The van der Waals surface area contributed by atoms with Crippen LogP contribution in [0.25, 0.3) is 0 Å². The van der Waals surface area contributed by atoms with Crippen LogP contribution in [0.3, 0.4) is 0 Å². The van der Waals surface area contributed by atoms with E-state index in [-0.39, 0.29) is 12.1 Å². The van der Waals surface area contributed by atoms with Crippen molar-refractivity contribution in [1.82, 2.24) is 10.6 Å². The molecule has 1 heterocycles. The molecule has 1 fully saturated rings. The van der Waals surface area contributed by atoms with E-state index in [4.69, 9.17) is 27.9 Å². The second-order valence-electron chi connectivity index (χ2n) is 5.64. The second-order valence-corrected chi connectivity index (χ2v) is 6.46. The third kappa shape index (κ3) is 4.46. The Bertz CT molecular complexity index is 636. The maximum absolute atomic E-state index is 6.17. The molecule has 2 aromatic rings. The first kappa shape index (κ1) is 16.7. The summed E-state index contributed by atoms with van der Waals surface area (Å²) < 4.78 is 6.06. The predicted molar refractivity (Wildman–Crippen MR) is 95.1 cm³/mol. The fourth-order valence-electron chi connectivity index (χ4n) is 2.78. The predicted octanol–water partition coefficient (Wildman–Crippen LogP) is 3.81. The van der Waals surface area contributed by atoms with E-state index in [0.29, 0.717) is 16.7 Å². The number of hydrogen-bond acceptors (Lipinski definition) is 3. The summed E-state index contributed by atoms with van der Waals surface area (Å²) >= 11 is 12.2. The molecule has 0 amide bonds.